The average molecular weight is 499 g/mol. The minimum atomic E-state index is -0.343. The van der Waals surface area contributed by atoms with Crippen LogP contribution in [-0.2, 0) is 17.8 Å². The van der Waals surface area contributed by atoms with Crippen molar-refractivity contribution < 1.29 is 9.53 Å². The maximum Gasteiger partial charge on any atom is 0.247 e. The van der Waals surface area contributed by atoms with Crippen molar-refractivity contribution >= 4 is 22.9 Å². The van der Waals surface area contributed by atoms with E-state index < -0.39 is 0 Å². The van der Waals surface area contributed by atoms with Gasteiger partial charge in [-0.2, -0.15) is 5.10 Å². The molecular weight excluding hydrogens is 468 g/mol. The Kier molecular flexibility index (Phi) is 7.90. The molecule has 5 rings (SSSR count). The minimum absolute atomic E-state index is 0.140. The lowest BCUT2D eigenvalue weighted by Gasteiger charge is -2.17. The van der Waals surface area contributed by atoms with Crippen LogP contribution in [-0.4, -0.2) is 12.1 Å². The van der Waals surface area contributed by atoms with Gasteiger partial charge in [0, 0.05) is 0 Å². The minimum Gasteiger partial charge on any atom is -0.489 e. The number of hydrogen-bond acceptors (Lipinski definition) is 3. The highest BCUT2D eigenvalue weighted by molar-refractivity contribution is 5.87. The third kappa shape index (κ3) is 6.16. The largest absolute Gasteiger partial charge is 0.489 e. The predicted octanol–water partition coefficient (Wildman–Crippen LogP) is 7.20. The van der Waals surface area contributed by atoms with Gasteiger partial charge in [-0.1, -0.05) is 109 Å². The van der Waals surface area contributed by atoms with E-state index in [0.717, 1.165) is 28.0 Å². The first-order chi connectivity index (χ1) is 18.7. The zero-order valence-electron chi connectivity index (χ0n) is 21.4. The first-order valence-corrected chi connectivity index (χ1v) is 12.8. The Morgan fingerprint density at radius 1 is 0.816 bits per heavy atom. The van der Waals surface area contributed by atoms with Gasteiger partial charge in [-0.15, -0.1) is 0 Å². The molecule has 4 heteroatoms. The first-order valence-electron chi connectivity index (χ1n) is 12.8. The number of benzene rings is 5. The highest BCUT2D eigenvalue weighted by Crippen LogP contribution is 2.24. The molecule has 0 aliphatic rings. The average Bonchev–Trinajstić information content (AvgIpc) is 2.96. The summed E-state index contributed by atoms with van der Waals surface area (Å²) >= 11 is 0. The van der Waals surface area contributed by atoms with Crippen LogP contribution in [0.25, 0.3) is 10.8 Å². The Labute approximate surface area is 223 Å². The van der Waals surface area contributed by atoms with E-state index in [2.05, 4.69) is 59.9 Å². The lowest BCUT2D eigenvalue weighted by Crippen LogP contribution is -2.27. The number of nitrogens with one attached hydrogen (secondary N) is 1. The van der Waals surface area contributed by atoms with Crippen LogP contribution in [0, 0.1) is 6.92 Å². The summed E-state index contributed by atoms with van der Waals surface area (Å²) in [5.41, 5.74) is 8.02. The van der Waals surface area contributed by atoms with Crippen LogP contribution in [0.1, 0.15) is 33.7 Å². The van der Waals surface area contributed by atoms with Crippen LogP contribution in [0.3, 0.4) is 0 Å². The van der Waals surface area contributed by atoms with E-state index in [4.69, 9.17) is 4.74 Å². The van der Waals surface area contributed by atoms with Crippen LogP contribution in [0.4, 0.5) is 0 Å². The highest BCUT2D eigenvalue weighted by atomic mass is 16.5. The van der Waals surface area contributed by atoms with E-state index in [9.17, 15) is 4.79 Å². The molecule has 0 saturated carbocycles. The van der Waals surface area contributed by atoms with Crippen LogP contribution in [0.15, 0.2) is 126 Å². The van der Waals surface area contributed by atoms with Gasteiger partial charge in [0.05, 0.1) is 12.1 Å². The molecule has 1 N–H and O–H groups in total. The molecule has 0 aliphatic carbocycles. The monoisotopic (exact) mass is 498 g/mol. The number of fused-ring (bicyclic) bond motifs is 1. The summed E-state index contributed by atoms with van der Waals surface area (Å²) in [7, 11) is 0. The molecule has 0 fully saturated rings. The topological polar surface area (TPSA) is 50.7 Å². The molecule has 4 nitrogen and oxygen atoms in total. The van der Waals surface area contributed by atoms with Crippen molar-refractivity contribution in [3.63, 3.8) is 0 Å². The van der Waals surface area contributed by atoms with Crippen LogP contribution in [0.2, 0.25) is 0 Å². The van der Waals surface area contributed by atoms with Crippen LogP contribution >= 0.6 is 0 Å². The van der Waals surface area contributed by atoms with E-state index in [-0.39, 0.29) is 11.8 Å². The normalized spacial score (nSPS) is 11.9. The maximum atomic E-state index is 13.2. The van der Waals surface area contributed by atoms with Gasteiger partial charge in [0.25, 0.3) is 0 Å². The number of hydrogen-bond donors (Lipinski definition) is 1. The Bertz CT molecular complexity index is 1550. The standard InChI is InChI=1S/C34H30N2O2/c1-25-11-5-6-16-29(25)22-33(28-13-3-2-4-14-28)34(37)36-35-23-26-12-9-19-31(21-26)38-24-30-18-10-17-27-15-7-8-20-32(27)30/h2-21,23,33H,22,24H2,1H3,(H,36,37)/b35-23-/t33-/m0/s1. The number of ether oxygens (including phenoxy) is 1. The third-order valence-electron chi connectivity index (χ3n) is 6.72. The van der Waals surface area contributed by atoms with Crippen molar-refractivity contribution in [3.05, 3.63) is 149 Å². The van der Waals surface area contributed by atoms with Gasteiger partial charge >= 0.3 is 0 Å². The van der Waals surface area contributed by atoms with Crippen molar-refractivity contribution in [2.75, 3.05) is 0 Å². The molecule has 0 aliphatic heterocycles. The smallest absolute Gasteiger partial charge is 0.247 e. The molecule has 1 amide bonds. The summed E-state index contributed by atoms with van der Waals surface area (Å²) < 4.78 is 6.09. The zero-order valence-corrected chi connectivity index (χ0v) is 21.4. The fraction of sp³-hybridized carbons (Fsp3) is 0.118. The lowest BCUT2D eigenvalue weighted by molar-refractivity contribution is -0.122. The van der Waals surface area contributed by atoms with Gasteiger partial charge in [0.1, 0.15) is 12.4 Å². The van der Waals surface area contributed by atoms with Crippen LogP contribution in [0.5, 0.6) is 5.75 Å². The molecule has 188 valence electrons. The fourth-order valence-corrected chi connectivity index (χ4v) is 4.62. The van der Waals surface area contributed by atoms with Gasteiger partial charge in [0.15, 0.2) is 0 Å². The molecule has 0 saturated heterocycles. The molecule has 5 aromatic rings. The van der Waals surface area contributed by atoms with Gasteiger partial charge in [-0.25, -0.2) is 5.43 Å². The highest BCUT2D eigenvalue weighted by Gasteiger charge is 2.21. The Morgan fingerprint density at radius 3 is 2.39 bits per heavy atom. The Hall–Kier alpha value is -4.70. The molecule has 0 radical (unpaired) electrons. The quantitative estimate of drug-likeness (QED) is 0.173. The number of carbonyl (C=O) groups is 1. The number of nitrogens with zero attached hydrogens (tertiary/aromatic N) is 1. The summed E-state index contributed by atoms with van der Waals surface area (Å²) in [5.74, 6) is 0.263. The molecule has 0 spiro atoms. The van der Waals surface area contributed by atoms with E-state index in [1.54, 1.807) is 6.21 Å². The molecule has 38 heavy (non-hydrogen) atoms. The number of rotatable bonds is 9. The van der Waals surface area contributed by atoms with Gasteiger partial charge in [-0.05, 0) is 64.1 Å². The predicted molar refractivity (Wildman–Crippen MR) is 155 cm³/mol. The number of carbonyl (C=O) groups excluding carboxylic acids is 1. The molecule has 0 heterocycles. The van der Waals surface area contributed by atoms with Crippen molar-refractivity contribution in [3.8, 4) is 5.75 Å². The van der Waals surface area contributed by atoms with Crippen molar-refractivity contribution in [2.24, 2.45) is 5.10 Å². The summed E-state index contributed by atoms with van der Waals surface area (Å²) in [6.07, 6.45) is 2.26. The summed E-state index contributed by atoms with van der Waals surface area (Å²) in [4.78, 5) is 13.2. The second-order valence-corrected chi connectivity index (χ2v) is 9.33. The van der Waals surface area contributed by atoms with Crippen molar-refractivity contribution in [1.82, 2.24) is 5.43 Å². The van der Waals surface area contributed by atoms with Crippen LogP contribution < -0.4 is 10.2 Å². The Balaban J connectivity index is 1.25. The lowest BCUT2D eigenvalue weighted by atomic mass is 9.90. The molecular formula is C34H30N2O2. The van der Waals surface area contributed by atoms with Crippen molar-refractivity contribution in [1.29, 1.82) is 0 Å². The van der Waals surface area contributed by atoms with E-state index in [1.807, 2.05) is 78.9 Å². The maximum absolute atomic E-state index is 13.2. The zero-order chi connectivity index (χ0) is 26.2. The SMILES string of the molecule is Cc1ccccc1C[C@H](C(=O)N/N=C\c1cccc(OCc2cccc3ccccc23)c1)c1ccccc1. The van der Waals surface area contributed by atoms with Gasteiger partial charge in [0.2, 0.25) is 5.91 Å². The molecule has 0 aromatic heterocycles. The third-order valence-corrected chi connectivity index (χ3v) is 6.72. The molecule has 1 atom stereocenters. The number of aryl methyl sites for hydroxylation is 1. The summed E-state index contributed by atoms with van der Waals surface area (Å²) in [6.45, 7) is 2.54. The Morgan fingerprint density at radius 2 is 1.53 bits per heavy atom. The summed E-state index contributed by atoms with van der Waals surface area (Å²) in [6, 6.07) is 40.3. The van der Waals surface area contributed by atoms with Crippen molar-refractivity contribution in [2.45, 2.75) is 25.9 Å². The van der Waals surface area contributed by atoms with E-state index in [1.165, 1.54) is 16.3 Å². The van der Waals surface area contributed by atoms with E-state index >= 15 is 0 Å². The fourth-order valence-electron chi connectivity index (χ4n) is 4.62. The second-order valence-electron chi connectivity index (χ2n) is 9.33. The van der Waals surface area contributed by atoms with E-state index in [0.29, 0.717) is 13.0 Å². The number of hydrazone groups is 1. The van der Waals surface area contributed by atoms with Gasteiger partial charge in [-0.3, -0.25) is 4.79 Å². The molecule has 0 unspecified atom stereocenters. The second kappa shape index (κ2) is 12.0. The molecule has 0 bridgehead atoms. The first kappa shape index (κ1) is 25.0. The summed E-state index contributed by atoms with van der Waals surface area (Å²) in [5, 5.41) is 6.66. The number of amides is 1. The molecule has 5 aromatic carbocycles. The van der Waals surface area contributed by atoms with Gasteiger partial charge < -0.3 is 4.74 Å².